The van der Waals surface area contributed by atoms with Gasteiger partial charge in [-0.05, 0) is 36.4 Å². The lowest BCUT2D eigenvalue weighted by Crippen LogP contribution is -2.11. The predicted octanol–water partition coefficient (Wildman–Crippen LogP) is 2.86. The van der Waals surface area contributed by atoms with Crippen LogP contribution in [-0.4, -0.2) is 21.6 Å². The van der Waals surface area contributed by atoms with Crippen molar-refractivity contribution < 1.29 is 4.79 Å². The SMILES string of the molecule is N#Cc1cccc(NC(=O)CCCSc2ccncn2)c1. The van der Waals surface area contributed by atoms with Gasteiger partial charge in [0.25, 0.3) is 0 Å². The van der Waals surface area contributed by atoms with Gasteiger partial charge < -0.3 is 5.32 Å². The van der Waals surface area contributed by atoms with Gasteiger partial charge >= 0.3 is 0 Å². The molecule has 1 heterocycles. The zero-order chi connectivity index (χ0) is 14.9. The van der Waals surface area contributed by atoms with Crippen molar-refractivity contribution in [2.45, 2.75) is 17.9 Å². The molecule has 0 aliphatic heterocycles. The van der Waals surface area contributed by atoms with E-state index in [4.69, 9.17) is 5.26 Å². The fraction of sp³-hybridized carbons (Fsp3) is 0.200. The largest absolute Gasteiger partial charge is 0.326 e. The highest BCUT2D eigenvalue weighted by atomic mass is 32.2. The maximum atomic E-state index is 11.8. The first-order valence-corrected chi connectivity index (χ1v) is 7.45. The standard InChI is InChI=1S/C15H14N4OS/c16-10-12-3-1-4-13(9-12)19-14(20)5-2-8-21-15-6-7-17-11-18-15/h1,3-4,6-7,9,11H,2,5,8H2,(H,19,20). The molecule has 0 spiro atoms. The molecule has 5 nitrogen and oxygen atoms in total. The molecule has 0 bridgehead atoms. The summed E-state index contributed by atoms with van der Waals surface area (Å²) in [4.78, 5) is 19.7. The van der Waals surface area contributed by atoms with Crippen LogP contribution in [0.3, 0.4) is 0 Å². The van der Waals surface area contributed by atoms with Gasteiger partial charge in [0.05, 0.1) is 16.7 Å². The molecule has 0 fully saturated rings. The third kappa shape index (κ3) is 5.24. The minimum Gasteiger partial charge on any atom is -0.326 e. The number of benzene rings is 1. The zero-order valence-corrected chi connectivity index (χ0v) is 12.1. The molecule has 0 aliphatic rings. The number of carbonyl (C=O) groups excluding carboxylic acids is 1. The Morgan fingerprint density at radius 1 is 1.38 bits per heavy atom. The Bertz CT molecular complexity index is 640. The van der Waals surface area contributed by atoms with Crippen LogP contribution in [0.5, 0.6) is 0 Å². The molecular weight excluding hydrogens is 284 g/mol. The number of anilines is 1. The number of nitrogens with one attached hydrogen (secondary N) is 1. The van der Waals surface area contributed by atoms with E-state index in [1.165, 1.54) is 6.33 Å². The molecule has 1 aromatic carbocycles. The first kappa shape index (κ1) is 15.0. The molecule has 1 aromatic heterocycles. The van der Waals surface area contributed by atoms with Gasteiger partial charge in [-0.1, -0.05) is 6.07 Å². The number of hydrogen-bond acceptors (Lipinski definition) is 5. The molecule has 2 aromatic rings. The van der Waals surface area contributed by atoms with Gasteiger partial charge in [0.1, 0.15) is 6.33 Å². The van der Waals surface area contributed by atoms with Gasteiger partial charge in [0.2, 0.25) is 5.91 Å². The van der Waals surface area contributed by atoms with Crippen LogP contribution >= 0.6 is 11.8 Å². The van der Waals surface area contributed by atoms with Crippen molar-refractivity contribution in [1.82, 2.24) is 9.97 Å². The molecule has 2 rings (SSSR count). The third-order valence-corrected chi connectivity index (χ3v) is 3.66. The number of amides is 1. The summed E-state index contributed by atoms with van der Waals surface area (Å²) in [5, 5.41) is 12.5. The van der Waals surface area contributed by atoms with E-state index in [0.29, 0.717) is 17.7 Å². The smallest absolute Gasteiger partial charge is 0.224 e. The number of nitrogens with zero attached hydrogens (tertiary/aromatic N) is 3. The lowest BCUT2D eigenvalue weighted by atomic mass is 10.2. The van der Waals surface area contributed by atoms with Crippen molar-refractivity contribution >= 4 is 23.4 Å². The van der Waals surface area contributed by atoms with Crippen molar-refractivity contribution in [3.05, 3.63) is 48.4 Å². The Hall–Kier alpha value is -2.39. The molecule has 0 unspecified atom stereocenters. The van der Waals surface area contributed by atoms with Crippen LogP contribution in [0.4, 0.5) is 5.69 Å². The molecule has 21 heavy (non-hydrogen) atoms. The Morgan fingerprint density at radius 2 is 2.29 bits per heavy atom. The highest BCUT2D eigenvalue weighted by Crippen LogP contribution is 2.16. The summed E-state index contributed by atoms with van der Waals surface area (Å²) < 4.78 is 0. The molecule has 0 aliphatic carbocycles. The summed E-state index contributed by atoms with van der Waals surface area (Å²) in [6.45, 7) is 0. The molecule has 1 N–H and O–H groups in total. The van der Waals surface area contributed by atoms with Crippen LogP contribution in [0, 0.1) is 11.3 Å². The fourth-order valence-corrected chi connectivity index (χ4v) is 2.44. The summed E-state index contributed by atoms with van der Waals surface area (Å²) in [6, 6.07) is 10.8. The number of nitriles is 1. The number of rotatable bonds is 6. The number of thioether (sulfide) groups is 1. The van der Waals surface area contributed by atoms with Gasteiger partial charge in [0, 0.05) is 18.3 Å². The van der Waals surface area contributed by atoms with Crippen LogP contribution in [0.15, 0.2) is 47.9 Å². The van der Waals surface area contributed by atoms with Crippen LogP contribution in [0.25, 0.3) is 0 Å². The van der Waals surface area contributed by atoms with Gasteiger partial charge in [-0.3, -0.25) is 4.79 Å². The summed E-state index contributed by atoms with van der Waals surface area (Å²) in [5.74, 6) is 0.774. The minimum absolute atomic E-state index is 0.0478. The highest BCUT2D eigenvalue weighted by Gasteiger charge is 2.03. The molecule has 0 atom stereocenters. The monoisotopic (exact) mass is 298 g/mol. The maximum absolute atomic E-state index is 11.8. The van der Waals surface area contributed by atoms with E-state index in [1.807, 2.05) is 12.1 Å². The normalized spacial score (nSPS) is 9.86. The molecular formula is C15H14N4OS. The zero-order valence-electron chi connectivity index (χ0n) is 11.3. The Kier molecular flexibility index (Phi) is 5.73. The van der Waals surface area contributed by atoms with E-state index in [0.717, 1.165) is 17.2 Å². The molecule has 1 amide bonds. The predicted molar refractivity (Wildman–Crippen MR) is 81.8 cm³/mol. The highest BCUT2D eigenvalue weighted by molar-refractivity contribution is 7.99. The van der Waals surface area contributed by atoms with Crippen LogP contribution in [0.2, 0.25) is 0 Å². The molecule has 0 saturated carbocycles. The Labute approximate surface area is 127 Å². The Morgan fingerprint density at radius 3 is 3.05 bits per heavy atom. The van der Waals surface area contributed by atoms with Crippen LogP contribution in [0.1, 0.15) is 18.4 Å². The molecule has 106 valence electrons. The quantitative estimate of drug-likeness (QED) is 0.504. The molecule has 0 radical (unpaired) electrons. The molecule has 0 saturated heterocycles. The maximum Gasteiger partial charge on any atom is 0.224 e. The topological polar surface area (TPSA) is 78.7 Å². The van der Waals surface area contributed by atoms with E-state index in [1.54, 1.807) is 42.2 Å². The second-order valence-corrected chi connectivity index (χ2v) is 5.36. The van der Waals surface area contributed by atoms with E-state index in [-0.39, 0.29) is 5.91 Å². The van der Waals surface area contributed by atoms with Crippen molar-refractivity contribution in [2.24, 2.45) is 0 Å². The first-order chi connectivity index (χ1) is 10.3. The van der Waals surface area contributed by atoms with Gasteiger partial charge in [-0.15, -0.1) is 11.8 Å². The average molecular weight is 298 g/mol. The third-order valence-electron chi connectivity index (χ3n) is 2.63. The van der Waals surface area contributed by atoms with Crippen molar-refractivity contribution in [2.75, 3.05) is 11.1 Å². The van der Waals surface area contributed by atoms with Gasteiger partial charge in [-0.2, -0.15) is 5.26 Å². The van der Waals surface area contributed by atoms with E-state index in [2.05, 4.69) is 15.3 Å². The second kappa shape index (κ2) is 8.02. The van der Waals surface area contributed by atoms with E-state index >= 15 is 0 Å². The minimum atomic E-state index is -0.0478. The average Bonchev–Trinajstić information content (AvgIpc) is 2.53. The Balaban J connectivity index is 1.71. The number of hydrogen-bond donors (Lipinski definition) is 1. The summed E-state index contributed by atoms with van der Waals surface area (Å²) in [6.07, 6.45) is 4.41. The van der Waals surface area contributed by atoms with E-state index < -0.39 is 0 Å². The number of carbonyl (C=O) groups is 1. The van der Waals surface area contributed by atoms with Gasteiger partial charge in [0.15, 0.2) is 0 Å². The summed E-state index contributed by atoms with van der Waals surface area (Å²) >= 11 is 1.60. The van der Waals surface area contributed by atoms with Crippen molar-refractivity contribution in [1.29, 1.82) is 5.26 Å². The lowest BCUT2D eigenvalue weighted by molar-refractivity contribution is -0.116. The van der Waals surface area contributed by atoms with Crippen molar-refractivity contribution in [3.63, 3.8) is 0 Å². The van der Waals surface area contributed by atoms with Crippen LogP contribution in [-0.2, 0) is 4.79 Å². The van der Waals surface area contributed by atoms with Crippen molar-refractivity contribution in [3.8, 4) is 6.07 Å². The van der Waals surface area contributed by atoms with Gasteiger partial charge in [-0.25, -0.2) is 9.97 Å². The van der Waals surface area contributed by atoms with E-state index in [9.17, 15) is 4.79 Å². The second-order valence-electron chi connectivity index (χ2n) is 4.24. The van der Waals surface area contributed by atoms with Crippen LogP contribution < -0.4 is 5.32 Å². The summed E-state index contributed by atoms with van der Waals surface area (Å²) in [5.41, 5.74) is 1.19. The summed E-state index contributed by atoms with van der Waals surface area (Å²) in [7, 11) is 0. The molecule has 6 heteroatoms. The number of aromatic nitrogens is 2. The lowest BCUT2D eigenvalue weighted by Gasteiger charge is -2.05. The fourth-order valence-electron chi connectivity index (χ4n) is 1.66. The first-order valence-electron chi connectivity index (χ1n) is 6.47.